The predicted molar refractivity (Wildman–Crippen MR) is 68.0 cm³/mol. The third-order valence-corrected chi connectivity index (χ3v) is 1.51. The summed E-state index contributed by atoms with van der Waals surface area (Å²) in [5, 5.41) is 0. The van der Waals surface area contributed by atoms with Crippen molar-refractivity contribution in [3.63, 3.8) is 0 Å². The molecule has 1 heterocycles. The van der Waals surface area contributed by atoms with Gasteiger partial charge in [0.25, 0.3) is 0 Å². The Kier molecular flexibility index (Phi) is 10.9. The zero-order valence-electron chi connectivity index (χ0n) is 12.0. The van der Waals surface area contributed by atoms with Crippen LogP contribution in [-0.2, 0) is 23.9 Å². The van der Waals surface area contributed by atoms with Crippen molar-refractivity contribution < 1.29 is 23.9 Å². The molecule has 0 saturated heterocycles. The monoisotopic (exact) mass is 258 g/mol. The highest BCUT2D eigenvalue weighted by Gasteiger charge is 2.23. The number of ether oxygens (including phenoxy) is 2. The average molecular weight is 258 g/mol. The molecule has 5 nitrogen and oxygen atoms in total. The van der Waals surface area contributed by atoms with Gasteiger partial charge in [0.2, 0.25) is 5.76 Å². The Morgan fingerprint density at radius 2 is 1.56 bits per heavy atom. The molecule has 0 aromatic heterocycles. The maximum atomic E-state index is 10.8. The number of hydrogen-bond donors (Lipinski definition) is 0. The van der Waals surface area contributed by atoms with Gasteiger partial charge in [-0.3, -0.25) is 0 Å². The van der Waals surface area contributed by atoms with Crippen LogP contribution >= 0.6 is 0 Å². The quantitative estimate of drug-likeness (QED) is 0.709. The molecule has 18 heavy (non-hydrogen) atoms. The van der Waals surface area contributed by atoms with Crippen LogP contribution < -0.4 is 0 Å². The topological polar surface area (TPSA) is 69.7 Å². The minimum atomic E-state index is -0.334. The van der Waals surface area contributed by atoms with E-state index in [1.54, 1.807) is 0 Å². The van der Waals surface area contributed by atoms with Gasteiger partial charge >= 0.3 is 5.97 Å². The van der Waals surface area contributed by atoms with Crippen molar-refractivity contribution in [1.82, 2.24) is 0 Å². The normalized spacial score (nSPS) is 12.7. The van der Waals surface area contributed by atoms with E-state index in [1.807, 2.05) is 6.92 Å². The number of methoxy groups -OCH3 is 1. The van der Waals surface area contributed by atoms with Gasteiger partial charge in [0.1, 0.15) is 18.2 Å². The molecule has 1 aliphatic heterocycles. The molecule has 0 saturated carbocycles. The molecule has 0 fully saturated rings. The Bertz CT molecular complexity index is 308. The number of cyclic esters (lactones) is 1. The molecule has 0 aromatic carbocycles. The fourth-order valence-electron chi connectivity index (χ4n) is 0.918. The number of carbonyl (C=O) groups is 3. The van der Waals surface area contributed by atoms with Gasteiger partial charge in [0, 0.05) is 5.57 Å². The number of hydrogen-bond acceptors (Lipinski definition) is 5. The summed E-state index contributed by atoms with van der Waals surface area (Å²) in [6.45, 7) is 8.48. The standard InChI is InChI=1S/C7H10O3.2C3H6O/c1-3-5-4-10-7(8)6(5)9-2;2*1-3(2)4/h3-4H2,1-2H3;2*1-2H3. The molecular weight excluding hydrogens is 236 g/mol. The Morgan fingerprint density at radius 1 is 1.17 bits per heavy atom. The van der Waals surface area contributed by atoms with Crippen molar-refractivity contribution >= 4 is 17.5 Å². The summed E-state index contributed by atoms with van der Waals surface area (Å²) >= 11 is 0. The van der Waals surface area contributed by atoms with Crippen molar-refractivity contribution in [1.29, 1.82) is 0 Å². The van der Waals surface area contributed by atoms with E-state index < -0.39 is 0 Å². The van der Waals surface area contributed by atoms with Crippen molar-refractivity contribution in [2.45, 2.75) is 41.0 Å². The maximum absolute atomic E-state index is 10.8. The molecule has 0 radical (unpaired) electrons. The largest absolute Gasteiger partial charge is 0.490 e. The SMILES string of the molecule is CC(C)=O.CC(C)=O.CCC1=C(OC)C(=O)OC1. The van der Waals surface area contributed by atoms with Gasteiger partial charge in [-0.25, -0.2) is 4.79 Å². The van der Waals surface area contributed by atoms with E-state index in [4.69, 9.17) is 9.47 Å². The van der Waals surface area contributed by atoms with Gasteiger partial charge in [-0.1, -0.05) is 6.92 Å². The van der Waals surface area contributed by atoms with Crippen LogP contribution in [0.25, 0.3) is 0 Å². The molecular formula is C13H22O5. The molecule has 0 N–H and O–H groups in total. The second-order valence-corrected chi connectivity index (χ2v) is 3.88. The fraction of sp³-hybridized carbons (Fsp3) is 0.615. The minimum absolute atomic E-state index is 0.167. The highest BCUT2D eigenvalue weighted by Crippen LogP contribution is 2.18. The van der Waals surface area contributed by atoms with Crippen LogP contribution in [0, 0.1) is 0 Å². The maximum Gasteiger partial charge on any atom is 0.373 e. The lowest BCUT2D eigenvalue weighted by molar-refractivity contribution is -0.138. The fourth-order valence-corrected chi connectivity index (χ4v) is 0.918. The Hall–Kier alpha value is -1.65. The number of esters is 1. The van der Waals surface area contributed by atoms with Gasteiger partial charge < -0.3 is 19.1 Å². The van der Waals surface area contributed by atoms with Crippen LogP contribution in [0.3, 0.4) is 0 Å². The predicted octanol–water partition coefficient (Wildman–Crippen LogP) is 2.04. The second-order valence-electron chi connectivity index (χ2n) is 3.88. The van der Waals surface area contributed by atoms with E-state index in [9.17, 15) is 14.4 Å². The van der Waals surface area contributed by atoms with Crippen LogP contribution in [0.15, 0.2) is 11.3 Å². The van der Waals surface area contributed by atoms with Gasteiger partial charge in [0.15, 0.2) is 0 Å². The molecule has 0 aromatic rings. The Morgan fingerprint density at radius 3 is 1.78 bits per heavy atom. The summed E-state index contributed by atoms with van der Waals surface area (Å²) < 4.78 is 9.55. The summed E-state index contributed by atoms with van der Waals surface area (Å²) in [5.41, 5.74) is 0.951. The lowest BCUT2D eigenvalue weighted by Crippen LogP contribution is -2.00. The molecule has 0 unspecified atom stereocenters. The first kappa shape index (κ1) is 18.7. The Labute approximate surface area is 108 Å². The van der Waals surface area contributed by atoms with E-state index in [-0.39, 0.29) is 17.5 Å². The van der Waals surface area contributed by atoms with Crippen LogP contribution in [0.1, 0.15) is 41.0 Å². The second kappa shape index (κ2) is 10.5. The first-order valence-corrected chi connectivity index (χ1v) is 5.63. The van der Waals surface area contributed by atoms with Gasteiger partial charge in [0.05, 0.1) is 7.11 Å². The summed E-state index contributed by atoms with van der Waals surface area (Å²) in [6, 6.07) is 0. The lowest BCUT2D eigenvalue weighted by atomic mass is 10.2. The molecule has 1 rings (SSSR count). The number of carbonyl (C=O) groups excluding carboxylic acids is 3. The summed E-state index contributed by atoms with van der Waals surface area (Å²) in [4.78, 5) is 29.7. The van der Waals surface area contributed by atoms with Crippen LogP contribution in [0.2, 0.25) is 0 Å². The first-order valence-electron chi connectivity index (χ1n) is 5.63. The lowest BCUT2D eigenvalue weighted by Gasteiger charge is -1.96. The third-order valence-electron chi connectivity index (χ3n) is 1.51. The van der Waals surface area contributed by atoms with Gasteiger partial charge in [-0.15, -0.1) is 0 Å². The zero-order chi connectivity index (χ0) is 14.7. The number of Topliss-reactive ketones (excluding diaryl/α,β-unsaturated/α-hetero) is 2. The molecule has 0 bridgehead atoms. The number of rotatable bonds is 2. The third kappa shape index (κ3) is 10.9. The van der Waals surface area contributed by atoms with Crippen molar-refractivity contribution in [3.05, 3.63) is 11.3 Å². The molecule has 5 heteroatoms. The van der Waals surface area contributed by atoms with E-state index >= 15 is 0 Å². The summed E-state index contributed by atoms with van der Waals surface area (Å²) in [5.74, 6) is 0.391. The van der Waals surface area contributed by atoms with E-state index in [0.717, 1.165) is 12.0 Å². The molecule has 1 aliphatic rings. The average Bonchev–Trinajstić information content (AvgIpc) is 2.57. The molecule has 104 valence electrons. The van der Waals surface area contributed by atoms with Crippen molar-refractivity contribution in [2.24, 2.45) is 0 Å². The van der Waals surface area contributed by atoms with Crippen molar-refractivity contribution in [2.75, 3.05) is 13.7 Å². The summed E-state index contributed by atoms with van der Waals surface area (Å²) in [7, 11) is 1.48. The van der Waals surface area contributed by atoms with Crippen molar-refractivity contribution in [3.8, 4) is 0 Å². The van der Waals surface area contributed by atoms with Gasteiger partial charge in [-0.2, -0.15) is 0 Å². The van der Waals surface area contributed by atoms with E-state index in [1.165, 1.54) is 34.8 Å². The zero-order valence-corrected chi connectivity index (χ0v) is 12.0. The van der Waals surface area contributed by atoms with Crippen LogP contribution in [0.5, 0.6) is 0 Å². The highest BCUT2D eigenvalue weighted by atomic mass is 16.6. The smallest absolute Gasteiger partial charge is 0.373 e. The van der Waals surface area contributed by atoms with Gasteiger partial charge in [-0.05, 0) is 34.1 Å². The molecule has 0 amide bonds. The molecule has 0 aliphatic carbocycles. The van der Waals surface area contributed by atoms with Crippen LogP contribution in [0.4, 0.5) is 0 Å². The molecule has 0 spiro atoms. The highest BCUT2D eigenvalue weighted by molar-refractivity contribution is 5.89. The summed E-state index contributed by atoms with van der Waals surface area (Å²) in [6.07, 6.45) is 0.814. The van der Waals surface area contributed by atoms with E-state index in [2.05, 4.69) is 0 Å². The van der Waals surface area contributed by atoms with E-state index in [0.29, 0.717) is 12.4 Å². The number of ketones is 2. The van der Waals surface area contributed by atoms with Crippen LogP contribution in [-0.4, -0.2) is 31.3 Å². The Balaban J connectivity index is 0. The molecule has 0 atom stereocenters. The minimum Gasteiger partial charge on any atom is -0.490 e. The first-order chi connectivity index (χ1) is 8.26.